The van der Waals surface area contributed by atoms with Crippen LogP contribution in [0.3, 0.4) is 0 Å². The number of hydrogen-bond donors (Lipinski definition) is 1. The Labute approximate surface area is 75.5 Å². The van der Waals surface area contributed by atoms with Gasteiger partial charge in [0.2, 0.25) is 0 Å². The van der Waals surface area contributed by atoms with E-state index >= 15 is 0 Å². The minimum absolute atomic E-state index is 0.391. The van der Waals surface area contributed by atoms with Crippen molar-refractivity contribution < 1.29 is 0 Å². The highest BCUT2D eigenvalue weighted by molar-refractivity contribution is 6.33. The maximum Gasteiger partial charge on any atom is 0.140 e. The molecule has 0 unspecified atom stereocenters. The zero-order chi connectivity index (χ0) is 9.14. The summed E-state index contributed by atoms with van der Waals surface area (Å²) in [6, 6.07) is 2.01. The van der Waals surface area contributed by atoms with Gasteiger partial charge in [0, 0.05) is 0 Å². The Bertz CT molecular complexity index is 323. The van der Waals surface area contributed by atoms with E-state index in [4.69, 9.17) is 22.6 Å². The molecule has 0 aliphatic rings. The highest BCUT2D eigenvalue weighted by Crippen LogP contribution is 2.21. The molecule has 0 aromatic carbocycles. The molecule has 0 radical (unpaired) electrons. The smallest absolute Gasteiger partial charge is 0.140 e. The maximum atomic E-state index is 8.33. The number of nitrogens with zero attached hydrogens (tertiary/aromatic N) is 3. The minimum atomic E-state index is 0.391. The quantitative estimate of drug-likeness (QED) is 0.754. The number of aromatic nitrogens is 2. The van der Waals surface area contributed by atoms with Crippen molar-refractivity contribution in [2.75, 3.05) is 5.73 Å². The lowest BCUT2D eigenvalue weighted by Gasteiger charge is -1.98. The molecule has 0 atom stereocenters. The SMILES string of the molecule is Cc1nn(CCC#N)c(N)c1Cl. The zero-order valence-electron chi connectivity index (χ0n) is 6.71. The summed E-state index contributed by atoms with van der Waals surface area (Å²) >= 11 is 5.79. The van der Waals surface area contributed by atoms with E-state index in [1.54, 1.807) is 11.6 Å². The Morgan fingerprint density at radius 1 is 1.75 bits per heavy atom. The lowest BCUT2D eigenvalue weighted by Crippen LogP contribution is -2.04. The largest absolute Gasteiger partial charge is 0.383 e. The predicted molar refractivity (Wildman–Crippen MR) is 46.6 cm³/mol. The number of rotatable bonds is 2. The van der Waals surface area contributed by atoms with Crippen molar-refractivity contribution in [3.05, 3.63) is 10.7 Å². The minimum Gasteiger partial charge on any atom is -0.383 e. The fourth-order valence-corrected chi connectivity index (χ4v) is 1.04. The highest BCUT2D eigenvalue weighted by Gasteiger charge is 2.08. The molecule has 0 aliphatic carbocycles. The van der Waals surface area contributed by atoms with Gasteiger partial charge >= 0.3 is 0 Å². The van der Waals surface area contributed by atoms with Crippen LogP contribution in [0.15, 0.2) is 0 Å². The molecule has 1 rings (SSSR count). The van der Waals surface area contributed by atoms with Gasteiger partial charge in [0.1, 0.15) is 10.8 Å². The molecule has 12 heavy (non-hydrogen) atoms. The van der Waals surface area contributed by atoms with E-state index in [1.165, 1.54) is 0 Å². The van der Waals surface area contributed by atoms with E-state index in [0.717, 1.165) is 0 Å². The summed E-state index contributed by atoms with van der Waals surface area (Å²) in [6.07, 6.45) is 0.391. The van der Waals surface area contributed by atoms with Crippen molar-refractivity contribution in [2.24, 2.45) is 0 Å². The second-order valence-electron chi connectivity index (χ2n) is 2.42. The maximum absolute atomic E-state index is 8.33. The van der Waals surface area contributed by atoms with Gasteiger partial charge in [-0.25, -0.2) is 4.68 Å². The van der Waals surface area contributed by atoms with Crippen LogP contribution in [0.2, 0.25) is 5.02 Å². The number of hydrogen-bond acceptors (Lipinski definition) is 3. The molecular weight excluding hydrogens is 176 g/mol. The lowest BCUT2D eigenvalue weighted by molar-refractivity contribution is 0.631. The Balaban J connectivity index is 2.87. The predicted octanol–water partition coefficient (Wildman–Crippen LogP) is 1.34. The Kier molecular flexibility index (Phi) is 2.56. The molecule has 0 spiro atoms. The molecule has 1 heterocycles. The van der Waals surface area contributed by atoms with Gasteiger partial charge in [0.15, 0.2) is 0 Å². The summed E-state index contributed by atoms with van der Waals surface area (Å²) in [4.78, 5) is 0. The molecule has 0 amide bonds. The molecule has 0 aliphatic heterocycles. The highest BCUT2D eigenvalue weighted by atomic mass is 35.5. The Hall–Kier alpha value is -1.21. The third kappa shape index (κ3) is 1.51. The van der Waals surface area contributed by atoms with Crippen LogP contribution in [-0.4, -0.2) is 9.78 Å². The van der Waals surface area contributed by atoms with Gasteiger partial charge in [-0.05, 0) is 6.92 Å². The first-order chi connectivity index (χ1) is 5.66. The third-order valence-electron chi connectivity index (χ3n) is 1.53. The van der Waals surface area contributed by atoms with Gasteiger partial charge in [0.05, 0.1) is 24.7 Å². The van der Waals surface area contributed by atoms with Crippen molar-refractivity contribution >= 4 is 17.4 Å². The molecule has 1 aromatic rings. The van der Waals surface area contributed by atoms with Gasteiger partial charge < -0.3 is 5.73 Å². The number of halogens is 1. The normalized spacial score (nSPS) is 9.75. The van der Waals surface area contributed by atoms with Crippen LogP contribution < -0.4 is 5.73 Å². The first-order valence-electron chi connectivity index (χ1n) is 3.52. The lowest BCUT2D eigenvalue weighted by atomic mass is 10.4. The van der Waals surface area contributed by atoms with Crippen LogP contribution in [0, 0.1) is 18.3 Å². The van der Waals surface area contributed by atoms with E-state index in [-0.39, 0.29) is 0 Å². The first-order valence-corrected chi connectivity index (χ1v) is 3.90. The first kappa shape index (κ1) is 8.88. The van der Waals surface area contributed by atoms with E-state index in [0.29, 0.717) is 29.5 Å². The van der Waals surface area contributed by atoms with Crippen molar-refractivity contribution in [1.82, 2.24) is 9.78 Å². The van der Waals surface area contributed by atoms with E-state index in [2.05, 4.69) is 5.10 Å². The molecule has 64 valence electrons. The molecule has 0 saturated heterocycles. The summed E-state index contributed by atoms with van der Waals surface area (Å²) in [7, 11) is 0. The summed E-state index contributed by atoms with van der Waals surface area (Å²) in [5.74, 6) is 0.435. The number of aryl methyl sites for hydroxylation is 2. The van der Waals surface area contributed by atoms with E-state index in [9.17, 15) is 0 Å². The van der Waals surface area contributed by atoms with Crippen LogP contribution in [0.4, 0.5) is 5.82 Å². The van der Waals surface area contributed by atoms with Gasteiger partial charge in [-0.3, -0.25) is 0 Å². The second-order valence-corrected chi connectivity index (χ2v) is 2.79. The molecule has 0 bridgehead atoms. The fraction of sp³-hybridized carbons (Fsp3) is 0.429. The number of nitrogen functional groups attached to an aromatic ring is 1. The van der Waals surface area contributed by atoms with Crippen LogP contribution in [-0.2, 0) is 6.54 Å². The van der Waals surface area contributed by atoms with Crippen LogP contribution in [0.25, 0.3) is 0 Å². The molecular formula is C7H9ClN4. The van der Waals surface area contributed by atoms with E-state index in [1.807, 2.05) is 6.07 Å². The molecule has 2 N–H and O–H groups in total. The van der Waals surface area contributed by atoms with Gasteiger partial charge in [0.25, 0.3) is 0 Å². The number of anilines is 1. The Morgan fingerprint density at radius 2 is 2.42 bits per heavy atom. The molecule has 4 nitrogen and oxygen atoms in total. The summed E-state index contributed by atoms with van der Waals surface area (Å²) in [5, 5.41) is 12.9. The molecule has 0 saturated carbocycles. The van der Waals surface area contributed by atoms with Gasteiger partial charge in [-0.2, -0.15) is 10.4 Å². The Morgan fingerprint density at radius 3 is 2.83 bits per heavy atom. The van der Waals surface area contributed by atoms with Gasteiger partial charge in [-0.15, -0.1) is 0 Å². The van der Waals surface area contributed by atoms with Gasteiger partial charge in [-0.1, -0.05) is 11.6 Å². The van der Waals surface area contributed by atoms with Crippen LogP contribution >= 0.6 is 11.6 Å². The molecule has 5 heteroatoms. The van der Waals surface area contributed by atoms with Crippen LogP contribution in [0.5, 0.6) is 0 Å². The average Bonchev–Trinajstić information content (AvgIpc) is 2.30. The molecule has 0 fully saturated rings. The fourth-order valence-electron chi connectivity index (χ4n) is 0.904. The summed E-state index contributed by atoms with van der Waals surface area (Å²) < 4.78 is 1.54. The number of nitriles is 1. The van der Waals surface area contributed by atoms with Crippen molar-refractivity contribution in [3.63, 3.8) is 0 Å². The monoisotopic (exact) mass is 184 g/mol. The summed E-state index contributed by atoms with van der Waals surface area (Å²) in [5.41, 5.74) is 6.30. The van der Waals surface area contributed by atoms with Crippen LogP contribution in [0.1, 0.15) is 12.1 Å². The van der Waals surface area contributed by atoms with Crippen molar-refractivity contribution in [3.8, 4) is 6.07 Å². The number of nitrogens with two attached hydrogens (primary N) is 1. The average molecular weight is 185 g/mol. The standard InChI is InChI=1S/C7H9ClN4/c1-5-6(8)7(10)12(11-5)4-2-3-9/h2,4,10H2,1H3. The topological polar surface area (TPSA) is 67.6 Å². The van der Waals surface area contributed by atoms with Crippen molar-refractivity contribution in [1.29, 1.82) is 5.26 Å². The van der Waals surface area contributed by atoms with Crippen molar-refractivity contribution in [2.45, 2.75) is 19.9 Å². The van der Waals surface area contributed by atoms with E-state index < -0.39 is 0 Å². The second kappa shape index (κ2) is 3.46. The third-order valence-corrected chi connectivity index (χ3v) is 1.99. The zero-order valence-corrected chi connectivity index (χ0v) is 7.47. The molecule has 1 aromatic heterocycles. The summed E-state index contributed by atoms with van der Waals surface area (Å²) in [6.45, 7) is 2.28.